The van der Waals surface area contributed by atoms with Crippen LogP contribution in [0.25, 0.3) is 5.65 Å². The summed E-state index contributed by atoms with van der Waals surface area (Å²) < 4.78 is 12.6. The first-order valence-corrected chi connectivity index (χ1v) is 9.97. The number of nitrogens with zero attached hydrogens (tertiary/aromatic N) is 4. The molecule has 0 bridgehead atoms. The summed E-state index contributed by atoms with van der Waals surface area (Å²) in [5.41, 5.74) is 1.71. The highest BCUT2D eigenvalue weighted by Crippen LogP contribution is 2.32. The molecule has 1 atom stereocenters. The molecular formula is C20H20ClN5O3. The molecule has 0 spiro atoms. The van der Waals surface area contributed by atoms with Gasteiger partial charge in [0.15, 0.2) is 17.1 Å². The molecule has 29 heavy (non-hydrogen) atoms. The summed E-state index contributed by atoms with van der Waals surface area (Å²) in [7, 11) is 0. The molecular weight excluding hydrogens is 394 g/mol. The lowest BCUT2D eigenvalue weighted by Gasteiger charge is -2.32. The summed E-state index contributed by atoms with van der Waals surface area (Å²) in [6.07, 6.45) is 3.56. The first-order chi connectivity index (χ1) is 14.2. The van der Waals surface area contributed by atoms with E-state index in [0.717, 1.165) is 48.0 Å². The third-order valence-electron chi connectivity index (χ3n) is 5.33. The Labute approximate surface area is 172 Å². The second kappa shape index (κ2) is 7.44. The van der Waals surface area contributed by atoms with Gasteiger partial charge in [-0.25, -0.2) is 0 Å². The molecule has 1 N–H and O–H groups in total. The molecule has 3 aromatic rings. The molecule has 2 aliphatic rings. The van der Waals surface area contributed by atoms with Gasteiger partial charge in [-0.2, -0.15) is 0 Å². The quantitative estimate of drug-likeness (QED) is 0.708. The number of aromatic nitrogens is 3. The van der Waals surface area contributed by atoms with E-state index >= 15 is 0 Å². The molecule has 2 aliphatic heterocycles. The summed E-state index contributed by atoms with van der Waals surface area (Å²) in [5.74, 6) is 2.11. The monoisotopic (exact) mass is 413 g/mol. The van der Waals surface area contributed by atoms with Crippen LogP contribution in [0.4, 0.5) is 5.95 Å². The van der Waals surface area contributed by atoms with Crippen LogP contribution < -0.4 is 19.7 Å². The summed E-state index contributed by atoms with van der Waals surface area (Å²) in [6.45, 7) is 2.13. The maximum absolute atomic E-state index is 12.8. The normalized spacial score (nSPS) is 18.2. The molecule has 9 heteroatoms. The maximum Gasteiger partial charge on any atom is 0.231 e. The molecule has 0 radical (unpaired) electrons. The van der Waals surface area contributed by atoms with E-state index in [1.807, 2.05) is 28.7 Å². The van der Waals surface area contributed by atoms with Crippen LogP contribution in [-0.4, -0.2) is 40.4 Å². The number of carbonyl (C=O) groups is 1. The molecule has 4 heterocycles. The lowest BCUT2D eigenvalue weighted by molar-refractivity contribution is -0.125. The van der Waals surface area contributed by atoms with E-state index in [1.54, 1.807) is 12.3 Å². The third-order valence-corrected chi connectivity index (χ3v) is 5.55. The number of halogens is 1. The summed E-state index contributed by atoms with van der Waals surface area (Å²) in [4.78, 5) is 14.9. The zero-order chi connectivity index (χ0) is 19.8. The van der Waals surface area contributed by atoms with Crippen LogP contribution in [-0.2, 0) is 11.3 Å². The van der Waals surface area contributed by atoms with E-state index in [-0.39, 0.29) is 18.6 Å². The molecule has 2 aromatic heterocycles. The van der Waals surface area contributed by atoms with Crippen molar-refractivity contribution >= 4 is 29.1 Å². The van der Waals surface area contributed by atoms with Crippen LogP contribution in [0.3, 0.4) is 0 Å². The van der Waals surface area contributed by atoms with Crippen LogP contribution in [0.15, 0.2) is 36.5 Å². The number of rotatable bonds is 4. The largest absolute Gasteiger partial charge is 0.454 e. The Morgan fingerprint density at radius 3 is 3.03 bits per heavy atom. The molecule has 0 aliphatic carbocycles. The van der Waals surface area contributed by atoms with Crippen molar-refractivity contribution in [3.8, 4) is 11.5 Å². The zero-order valence-corrected chi connectivity index (χ0v) is 16.4. The topological polar surface area (TPSA) is 81.0 Å². The van der Waals surface area contributed by atoms with Gasteiger partial charge in [0.2, 0.25) is 18.6 Å². The molecule has 8 nitrogen and oxygen atoms in total. The highest BCUT2D eigenvalue weighted by molar-refractivity contribution is 6.30. The van der Waals surface area contributed by atoms with E-state index in [2.05, 4.69) is 20.4 Å². The SMILES string of the molecule is O=C(NCc1ccc2c(c1)OCO2)[C@@H]1CCCN(c2nnc3ccc(Cl)cn23)C1. The summed E-state index contributed by atoms with van der Waals surface area (Å²) in [5, 5.41) is 12.2. The first kappa shape index (κ1) is 18.1. The van der Waals surface area contributed by atoms with Crippen LogP contribution in [0.1, 0.15) is 18.4 Å². The number of amides is 1. The standard InChI is InChI=1S/C20H20ClN5O3/c21-15-4-6-18-23-24-20(26(18)11-15)25-7-1-2-14(10-25)19(27)22-9-13-3-5-16-17(8-13)29-12-28-16/h3-6,8,11,14H,1-2,7,9-10,12H2,(H,22,27)/t14-/m1/s1. The molecule has 1 aromatic carbocycles. The predicted octanol–water partition coefficient (Wildman–Crippen LogP) is 2.64. The average molecular weight is 414 g/mol. The van der Waals surface area contributed by atoms with Gasteiger partial charge in [0.05, 0.1) is 10.9 Å². The number of pyridine rings is 1. The summed E-state index contributed by atoms with van der Waals surface area (Å²) >= 11 is 6.12. The van der Waals surface area contributed by atoms with Gasteiger partial charge in [-0.05, 0) is 42.7 Å². The van der Waals surface area contributed by atoms with E-state index in [0.29, 0.717) is 18.1 Å². The Hall–Kier alpha value is -3.00. The van der Waals surface area contributed by atoms with Crippen molar-refractivity contribution in [3.63, 3.8) is 0 Å². The molecule has 150 valence electrons. The molecule has 1 saturated heterocycles. The Morgan fingerprint density at radius 1 is 1.21 bits per heavy atom. The zero-order valence-electron chi connectivity index (χ0n) is 15.7. The van der Waals surface area contributed by atoms with Gasteiger partial charge in [0, 0.05) is 25.8 Å². The smallest absolute Gasteiger partial charge is 0.231 e. The molecule has 0 saturated carbocycles. The number of hydrogen-bond acceptors (Lipinski definition) is 6. The molecule has 1 amide bonds. The maximum atomic E-state index is 12.8. The van der Waals surface area contributed by atoms with E-state index in [9.17, 15) is 4.79 Å². The fraction of sp³-hybridized carbons (Fsp3) is 0.350. The Bertz CT molecular complexity index is 1070. The highest BCUT2D eigenvalue weighted by atomic mass is 35.5. The molecule has 5 rings (SSSR count). The van der Waals surface area contributed by atoms with E-state index < -0.39 is 0 Å². The summed E-state index contributed by atoms with van der Waals surface area (Å²) in [6, 6.07) is 9.33. The number of piperidine rings is 1. The van der Waals surface area contributed by atoms with Crippen LogP contribution in [0.5, 0.6) is 11.5 Å². The van der Waals surface area contributed by atoms with Crippen molar-refractivity contribution in [1.29, 1.82) is 0 Å². The third kappa shape index (κ3) is 3.55. The van der Waals surface area contributed by atoms with Crippen LogP contribution in [0.2, 0.25) is 5.02 Å². The Balaban J connectivity index is 1.25. The van der Waals surface area contributed by atoms with Crippen LogP contribution in [0, 0.1) is 5.92 Å². The molecule has 0 unspecified atom stereocenters. The number of ether oxygens (including phenoxy) is 2. The number of carbonyl (C=O) groups excluding carboxylic acids is 1. The van der Waals surface area contributed by atoms with Crippen LogP contribution >= 0.6 is 11.6 Å². The average Bonchev–Trinajstić information content (AvgIpc) is 3.38. The van der Waals surface area contributed by atoms with Gasteiger partial charge in [-0.15, -0.1) is 10.2 Å². The van der Waals surface area contributed by atoms with Gasteiger partial charge in [0.1, 0.15) is 0 Å². The van der Waals surface area contributed by atoms with Crippen molar-refractivity contribution < 1.29 is 14.3 Å². The molecule has 1 fully saturated rings. The minimum atomic E-state index is -0.107. The van der Waals surface area contributed by atoms with Crippen molar-refractivity contribution in [1.82, 2.24) is 19.9 Å². The van der Waals surface area contributed by atoms with E-state index in [1.165, 1.54) is 0 Å². The van der Waals surface area contributed by atoms with Gasteiger partial charge in [-0.3, -0.25) is 9.20 Å². The van der Waals surface area contributed by atoms with Crippen molar-refractivity contribution in [3.05, 3.63) is 47.1 Å². The number of nitrogens with one attached hydrogen (secondary N) is 1. The Kier molecular flexibility index (Phi) is 4.63. The Morgan fingerprint density at radius 2 is 2.10 bits per heavy atom. The van der Waals surface area contributed by atoms with Gasteiger partial charge >= 0.3 is 0 Å². The minimum Gasteiger partial charge on any atom is -0.454 e. The van der Waals surface area contributed by atoms with Gasteiger partial charge in [0.25, 0.3) is 0 Å². The van der Waals surface area contributed by atoms with Gasteiger partial charge < -0.3 is 19.7 Å². The minimum absolute atomic E-state index is 0.0409. The predicted molar refractivity (Wildman–Crippen MR) is 107 cm³/mol. The number of anilines is 1. The lowest BCUT2D eigenvalue weighted by Crippen LogP contribution is -2.43. The fourth-order valence-corrected chi connectivity index (χ4v) is 3.99. The second-order valence-electron chi connectivity index (χ2n) is 7.27. The van der Waals surface area contributed by atoms with Gasteiger partial charge in [-0.1, -0.05) is 17.7 Å². The fourth-order valence-electron chi connectivity index (χ4n) is 3.83. The number of hydrogen-bond donors (Lipinski definition) is 1. The lowest BCUT2D eigenvalue weighted by atomic mass is 9.97. The second-order valence-corrected chi connectivity index (χ2v) is 7.70. The van der Waals surface area contributed by atoms with E-state index in [4.69, 9.17) is 21.1 Å². The van der Waals surface area contributed by atoms with Crippen molar-refractivity contribution in [2.45, 2.75) is 19.4 Å². The number of fused-ring (bicyclic) bond motifs is 2. The number of benzene rings is 1. The van der Waals surface area contributed by atoms with Crippen molar-refractivity contribution in [2.24, 2.45) is 5.92 Å². The highest BCUT2D eigenvalue weighted by Gasteiger charge is 2.28. The first-order valence-electron chi connectivity index (χ1n) is 9.59. The van der Waals surface area contributed by atoms with Crippen molar-refractivity contribution in [2.75, 3.05) is 24.8 Å².